The van der Waals surface area contributed by atoms with Crippen LogP contribution >= 0.6 is 0 Å². The van der Waals surface area contributed by atoms with Gasteiger partial charge in [0, 0.05) is 11.6 Å². The third-order valence-corrected chi connectivity index (χ3v) is 5.25. The van der Waals surface area contributed by atoms with Crippen molar-refractivity contribution in [1.29, 1.82) is 0 Å². The normalized spacial score (nSPS) is 22.1. The molecule has 0 unspecified atom stereocenters. The van der Waals surface area contributed by atoms with Crippen molar-refractivity contribution in [2.24, 2.45) is 0 Å². The van der Waals surface area contributed by atoms with E-state index in [4.69, 9.17) is 9.47 Å². The van der Waals surface area contributed by atoms with Gasteiger partial charge in [-0.2, -0.15) is 0 Å². The Labute approximate surface area is 165 Å². The molecular formula is C24H23NO3. The molecule has 1 heterocycles. The summed E-state index contributed by atoms with van der Waals surface area (Å²) in [6.45, 7) is 2.15. The first-order valence-corrected chi connectivity index (χ1v) is 9.43. The van der Waals surface area contributed by atoms with Crippen LogP contribution in [0, 0.1) is 0 Å². The topological polar surface area (TPSA) is 38.8 Å². The summed E-state index contributed by atoms with van der Waals surface area (Å²) in [6.07, 6.45) is -0.339. The highest BCUT2D eigenvalue weighted by molar-refractivity contribution is 5.91. The first-order valence-electron chi connectivity index (χ1n) is 9.43. The van der Waals surface area contributed by atoms with Crippen LogP contribution in [0.3, 0.4) is 0 Å². The summed E-state index contributed by atoms with van der Waals surface area (Å²) < 4.78 is 12.1. The van der Waals surface area contributed by atoms with Crippen molar-refractivity contribution in [1.82, 2.24) is 4.90 Å². The molecule has 0 N–H and O–H groups in total. The van der Waals surface area contributed by atoms with Crippen molar-refractivity contribution in [3.8, 4) is 5.75 Å². The number of carbonyl (C=O) groups excluding carboxylic acids is 1. The van der Waals surface area contributed by atoms with Gasteiger partial charge in [-0.15, -0.1) is 0 Å². The van der Waals surface area contributed by atoms with Gasteiger partial charge >= 0.3 is 5.97 Å². The Hall–Kier alpha value is -2.95. The summed E-state index contributed by atoms with van der Waals surface area (Å²) in [5.41, 5.74) is 2.51. The highest BCUT2D eigenvalue weighted by atomic mass is 16.5. The molecule has 4 rings (SSSR count). The molecule has 3 aromatic carbocycles. The van der Waals surface area contributed by atoms with Crippen LogP contribution in [0.5, 0.6) is 5.75 Å². The Morgan fingerprint density at radius 2 is 1.50 bits per heavy atom. The molecule has 0 aliphatic carbocycles. The van der Waals surface area contributed by atoms with E-state index in [0.29, 0.717) is 11.3 Å². The zero-order valence-corrected chi connectivity index (χ0v) is 16.0. The molecule has 142 valence electrons. The fraction of sp³-hybridized carbons (Fsp3) is 0.208. The minimum Gasteiger partial charge on any atom is -0.422 e. The number of carbonyl (C=O) groups is 1. The SMILES string of the molecule is C[C@H]1[C@@H](c2ccccc2)O[C@H](c2ccccc2OC(=O)c2ccccc2)N1C. The smallest absolute Gasteiger partial charge is 0.343 e. The van der Waals surface area contributed by atoms with Crippen molar-refractivity contribution < 1.29 is 14.3 Å². The third-order valence-electron chi connectivity index (χ3n) is 5.25. The van der Waals surface area contributed by atoms with Crippen LogP contribution in [-0.2, 0) is 4.74 Å². The largest absolute Gasteiger partial charge is 0.422 e. The number of hydrogen-bond acceptors (Lipinski definition) is 4. The molecule has 0 saturated carbocycles. The van der Waals surface area contributed by atoms with Crippen LogP contribution in [0.25, 0.3) is 0 Å². The molecule has 0 spiro atoms. The molecule has 4 nitrogen and oxygen atoms in total. The molecule has 3 aromatic rings. The maximum Gasteiger partial charge on any atom is 0.343 e. The van der Waals surface area contributed by atoms with Crippen LogP contribution in [-0.4, -0.2) is 24.0 Å². The number of para-hydroxylation sites is 1. The molecule has 0 amide bonds. The number of nitrogens with zero attached hydrogens (tertiary/aromatic N) is 1. The number of rotatable bonds is 4. The molecule has 1 saturated heterocycles. The summed E-state index contributed by atoms with van der Waals surface area (Å²) >= 11 is 0. The van der Waals surface area contributed by atoms with E-state index in [0.717, 1.165) is 11.1 Å². The van der Waals surface area contributed by atoms with Crippen molar-refractivity contribution in [2.75, 3.05) is 7.05 Å². The molecule has 3 atom stereocenters. The molecule has 1 aliphatic heterocycles. The number of ether oxygens (including phenoxy) is 2. The molecule has 28 heavy (non-hydrogen) atoms. The average Bonchev–Trinajstić information content (AvgIpc) is 3.04. The highest BCUT2D eigenvalue weighted by Crippen LogP contribution is 2.43. The average molecular weight is 373 g/mol. The molecule has 4 heteroatoms. The van der Waals surface area contributed by atoms with Crippen LogP contribution < -0.4 is 4.74 Å². The standard InChI is InChI=1S/C24H23NO3/c1-17-22(18-11-5-3-6-12-18)28-23(25(17)2)20-15-9-10-16-21(20)27-24(26)19-13-7-4-8-14-19/h3-17,22-23H,1-2H3/t17-,22-,23+/m0/s1. The Morgan fingerprint density at radius 3 is 2.21 bits per heavy atom. The van der Waals surface area contributed by atoms with E-state index in [-0.39, 0.29) is 24.3 Å². The second-order valence-electron chi connectivity index (χ2n) is 7.02. The van der Waals surface area contributed by atoms with Crippen molar-refractivity contribution in [3.05, 3.63) is 102 Å². The van der Waals surface area contributed by atoms with Gasteiger partial charge in [-0.05, 0) is 37.7 Å². The third kappa shape index (κ3) is 3.57. The molecule has 1 fully saturated rings. The minimum absolute atomic E-state index is 0.0471. The fourth-order valence-electron chi connectivity index (χ4n) is 3.58. The first kappa shape index (κ1) is 18.4. The lowest BCUT2D eigenvalue weighted by molar-refractivity contribution is 0.00396. The summed E-state index contributed by atoms with van der Waals surface area (Å²) in [5.74, 6) is 0.149. The minimum atomic E-state index is -0.374. The number of benzene rings is 3. The van der Waals surface area contributed by atoms with E-state index in [2.05, 4.69) is 24.0 Å². The van der Waals surface area contributed by atoms with Crippen molar-refractivity contribution in [3.63, 3.8) is 0 Å². The van der Waals surface area contributed by atoms with Gasteiger partial charge in [0.15, 0.2) is 0 Å². The number of likely N-dealkylation sites (N-methyl/N-ethyl adjacent to an activating group) is 1. The Balaban J connectivity index is 1.60. The molecule has 0 bridgehead atoms. The van der Waals surface area contributed by atoms with Crippen LogP contribution in [0.4, 0.5) is 0 Å². The lowest BCUT2D eigenvalue weighted by Gasteiger charge is -2.23. The highest BCUT2D eigenvalue weighted by Gasteiger charge is 2.40. The lowest BCUT2D eigenvalue weighted by Crippen LogP contribution is -2.27. The maximum atomic E-state index is 12.5. The van der Waals surface area contributed by atoms with Gasteiger partial charge in [-0.3, -0.25) is 4.90 Å². The Kier molecular flexibility index (Phi) is 5.24. The van der Waals surface area contributed by atoms with Crippen molar-refractivity contribution in [2.45, 2.75) is 25.3 Å². The van der Waals surface area contributed by atoms with Crippen molar-refractivity contribution >= 4 is 5.97 Å². The molecule has 0 radical (unpaired) electrons. The van der Waals surface area contributed by atoms with E-state index >= 15 is 0 Å². The second-order valence-corrected chi connectivity index (χ2v) is 7.02. The Bertz CT molecular complexity index is 942. The number of hydrogen-bond donors (Lipinski definition) is 0. The first-order chi connectivity index (χ1) is 13.6. The lowest BCUT2D eigenvalue weighted by atomic mass is 10.0. The summed E-state index contributed by atoms with van der Waals surface area (Å²) in [5, 5.41) is 0. The van der Waals surface area contributed by atoms with E-state index in [1.54, 1.807) is 12.1 Å². The monoisotopic (exact) mass is 373 g/mol. The van der Waals surface area contributed by atoms with E-state index in [9.17, 15) is 4.79 Å². The van der Waals surface area contributed by atoms with E-state index < -0.39 is 0 Å². The summed E-state index contributed by atoms with van der Waals surface area (Å²) in [7, 11) is 2.04. The quantitative estimate of drug-likeness (QED) is 0.477. The van der Waals surface area contributed by atoms with Crippen LogP contribution in [0.15, 0.2) is 84.9 Å². The zero-order chi connectivity index (χ0) is 19.5. The summed E-state index contributed by atoms with van der Waals surface area (Å²) in [4.78, 5) is 14.7. The number of esters is 1. The van der Waals surface area contributed by atoms with E-state index in [1.165, 1.54) is 0 Å². The predicted molar refractivity (Wildman–Crippen MR) is 108 cm³/mol. The molecular weight excluding hydrogens is 350 g/mol. The maximum absolute atomic E-state index is 12.5. The van der Waals surface area contributed by atoms with Gasteiger partial charge in [-0.1, -0.05) is 66.7 Å². The predicted octanol–water partition coefficient (Wildman–Crippen LogP) is 5.00. The van der Waals surface area contributed by atoms with Gasteiger partial charge < -0.3 is 9.47 Å². The van der Waals surface area contributed by atoms with Gasteiger partial charge in [0.2, 0.25) is 0 Å². The van der Waals surface area contributed by atoms with Gasteiger partial charge in [0.25, 0.3) is 0 Å². The van der Waals surface area contributed by atoms with Gasteiger partial charge in [-0.25, -0.2) is 4.79 Å². The second kappa shape index (κ2) is 7.97. The fourth-order valence-corrected chi connectivity index (χ4v) is 3.58. The zero-order valence-electron chi connectivity index (χ0n) is 16.0. The van der Waals surface area contributed by atoms with Crippen LogP contribution in [0.1, 0.15) is 40.7 Å². The van der Waals surface area contributed by atoms with Gasteiger partial charge in [0.05, 0.1) is 5.56 Å². The summed E-state index contributed by atoms with van der Waals surface area (Å²) in [6, 6.07) is 27.0. The van der Waals surface area contributed by atoms with Crippen LogP contribution in [0.2, 0.25) is 0 Å². The van der Waals surface area contributed by atoms with E-state index in [1.807, 2.05) is 67.7 Å². The molecule has 0 aromatic heterocycles. The molecule has 1 aliphatic rings. The Morgan fingerprint density at radius 1 is 0.893 bits per heavy atom. The van der Waals surface area contributed by atoms with Gasteiger partial charge in [0.1, 0.15) is 18.1 Å².